The summed E-state index contributed by atoms with van der Waals surface area (Å²) in [6.45, 7) is 12.0. The van der Waals surface area contributed by atoms with E-state index in [1.807, 2.05) is 13.8 Å². The second-order valence-corrected chi connectivity index (χ2v) is 6.12. The minimum Gasteiger partial charge on any atom is -0.468 e. The van der Waals surface area contributed by atoms with Crippen molar-refractivity contribution in [3.63, 3.8) is 0 Å². The number of esters is 1. The first-order valence-electron chi connectivity index (χ1n) is 7.80. The fourth-order valence-electron chi connectivity index (χ4n) is 2.48. The quantitative estimate of drug-likeness (QED) is 0.468. The van der Waals surface area contributed by atoms with Crippen molar-refractivity contribution in [2.75, 3.05) is 20.3 Å². The molecule has 0 saturated heterocycles. The lowest BCUT2D eigenvalue weighted by atomic mass is 9.95. The van der Waals surface area contributed by atoms with Gasteiger partial charge in [0.25, 0.3) is 0 Å². The summed E-state index contributed by atoms with van der Waals surface area (Å²) in [5.74, 6) is 0.481. The Morgan fingerprint density at radius 2 is 1.90 bits per heavy atom. The number of ether oxygens (including phenoxy) is 2. The number of rotatable bonds is 11. The third-order valence-electron chi connectivity index (χ3n) is 3.48. The summed E-state index contributed by atoms with van der Waals surface area (Å²) in [6.07, 6.45) is 4.11. The molecule has 0 rings (SSSR count). The van der Waals surface area contributed by atoms with Gasteiger partial charge in [0.1, 0.15) is 5.54 Å². The highest BCUT2D eigenvalue weighted by Gasteiger charge is 2.32. The first-order valence-corrected chi connectivity index (χ1v) is 7.80. The van der Waals surface area contributed by atoms with Crippen LogP contribution >= 0.6 is 0 Å². The number of carbonyl (C=O) groups is 1. The van der Waals surface area contributed by atoms with E-state index in [9.17, 15) is 4.79 Å². The van der Waals surface area contributed by atoms with Crippen molar-refractivity contribution in [2.45, 2.75) is 71.9 Å². The molecule has 0 heterocycles. The van der Waals surface area contributed by atoms with E-state index >= 15 is 0 Å². The highest BCUT2D eigenvalue weighted by atomic mass is 16.5. The molecule has 0 aliphatic carbocycles. The topological polar surface area (TPSA) is 47.6 Å². The largest absolute Gasteiger partial charge is 0.468 e. The monoisotopic (exact) mass is 287 g/mol. The van der Waals surface area contributed by atoms with Crippen molar-refractivity contribution in [1.82, 2.24) is 5.32 Å². The summed E-state index contributed by atoms with van der Waals surface area (Å²) in [5.41, 5.74) is -0.576. The van der Waals surface area contributed by atoms with E-state index in [-0.39, 0.29) is 5.97 Å². The number of likely N-dealkylation sites (N-methyl/N-ethyl adjacent to an activating group) is 1. The molecule has 2 unspecified atom stereocenters. The van der Waals surface area contributed by atoms with Crippen LogP contribution in [0.2, 0.25) is 0 Å². The molecule has 0 aliphatic rings. The zero-order valence-corrected chi connectivity index (χ0v) is 14.1. The molecule has 4 heteroatoms. The van der Waals surface area contributed by atoms with Gasteiger partial charge < -0.3 is 14.8 Å². The van der Waals surface area contributed by atoms with Crippen molar-refractivity contribution in [3.8, 4) is 0 Å². The number of methoxy groups -OCH3 is 1. The number of unbranched alkanes of at least 4 members (excludes halogenated alkanes) is 1. The van der Waals surface area contributed by atoms with E-state index in [2.05, 4.69) is 26.1 Å². The zero-order chi connectivity index (χ0) is 15.6. The molecule has 0 fully saturated rings. The Balaban J connectivity index is 3.93. The van der Waals surface area contributed by atoms with Gasteiger partial charge in [-0.3, -0.25) is 4.79 Å². The second-order valence-electron chi connectivity index (χ2n) is 6.12. The van der Waals surface area contributed by atoms with Gasteiger partial charge in [0.15, 0.2) is 0 Å². The Morgan fingerprint density at radius 3 is 2.40 bits per heavy atom. The van der Waals surface area contributed by atoms with Crippen LogP contribution in [-0.2, 0) is 14.3 Å². The van der Waals surface area contributed by atoms with Crippen molar-refractivity contribution in [1.29, 1.82) is 0 Å². The molecule has 20 heavy (non-hydrogen) atoms. The van der Waals surface area contributed by atoms with E-state index < -0.39 is 5.54 Å². The fourth-order valence-corrected chi connectivity index (χ4v) is 2.48. The summed E-state index contributed by atoms with van der Waals surface area (Å²) >= 11 is 0. The standard InChI is InChI=1S/C16H33NO3/c1-7-17-16(5,15(18)19-6)10-8-9-11-20-14(4)12-13(2)3/h13-14,17H,7-12H2,1-6H3. The fraction of sp³-hybridized carbons (Fsp3) is 0.938. The third kappa shape index (κ3) is 7.85. The summed E-state index contributed by atoms with van der Waals surface area (Å²) in [4.78, 5) is 11.8. The Kier molecular flexibility index (Phi) is 9.86. The summed E-state index contributed by atoms with van der Waals surface area (Å²) in [5, 5.41) is 3.22. The van der Waals surface area contributed by atoms with Crippen LogP contribution in [0.1, 0.15) is 60.3 Å². The van der Waals surface area contributed by atoms with Crippen LogP contribution in [0.5, 0.6) is 0 Å². The summed E-state index contributed by atoms with van der Waals surface area (Å²) in [7, 11) is 1.44. The number of hydrogen-bond donors (Lipinski definition) is 1. The van der Waals surface area contributed by atoms with Crippen LogP contribution in [0, 0.1) is 5.92 Å². The minimum absolute atomic E-state index is 0.187. The van der Waals surface area contributed by atoms with Crippen molar-refractivity contribution in [2.24, 2.45) is 5.92 Å². The molecule has 0 aromatic carbocycles. The van der Waals surface area contributed by atoms with E-state index in [4.69, 9.17) is 9.47 Å². The number of carbonyl (C=O) groups excluding carboxylic acids is 1. The van der Waals surface area contributed by atoms with E-state index in [0.717, 1.165) is 38.8 Å². The van der Waals surface area contributed by atoms with Crippen molar-refractivity contribution >= 4 is 5.97 Å². The van der Waals surface area contributed by atoms with Crippen LogP contribution in [0.25, 0.3) is 0 Å². The molecule has 0 amide bonds. The lowest BCUT2D eigenvalue weighted by molar-refractivity contribution is -0.148. The van der Waals surface area contributed by atoms with E-state index in [1.54, 1.807) is 0 Å². The van der Waals surface area contributed by atoms with Crippen molar-refractivity contribution < 1.29 is 14.3 Å². The Bertz CT molecular complexity index is 268. The maximum atomic E-state index is 11.8. The average Bonchev–Trinajstić information content (AvgIpc) is 2.36. The van der Waals surface area contributed by atoms with Gasteiger partial charge in [0.2, 0.25) is 0 Å². The Hall–Kier alpha value is -0.610. The highest BCUT2D eigenvalue weighted by Crippen LogP contribution is 2.16. The molecule has 4 nitrogen and oxygen atoms in total. The zero-order valence-electron chi connectivity index (χ0n) is 14.1. The van der Waals surface area contributed by atoms with Crippen LogP contribution in [0.4, 0.5) is 0 Å². The van der Waals surface area contributed by atoms with E-state index in [0.29, 0.717) is 12.0 Å². The van der Waals surface area contributed by atoms with Crippen LogP contribution < -0.4 is 5.32 Å². The normalized spacial score (nSPS) is 15.9. The lowest BCUT2D eigenvalue weighted by Gasteiger charge is -2.27. The second kappa shape index (κ2) is 10.2. The van der Waals surface area contributed by atoms with E-state index in [1.165, 1.54) is 7.11 Å². The minimum atomic E-state index is -0.576. The van der Waals surface area contributed by atoms with Crippen LogP contribution in [-0.4, -0.2) is 37.9 Å². The van der Waals surface area contributed by atoms with Crippen LogP contribution in [0.3, 0.4) is 0 Å². The molecule has 0 aromatic rings. The Morgan fingerprint density at radius 1 is 1.25 bits per heavy atom. The molecule has 0 aliphatic heterocycles. The lowest BCUT2D eigenvalue weighted by Crippen LogP contribution is -2.50. The molecule has 1 N–H and O–H groups in total. The van der Waals surface area contributed by atoms with Gasteiger partial charge in [0.05, 0.1) is 13.2 Å². The molecule has 0 saturated carbocycles. The third-order valence-corrected chi connectivity index (χ3v) is 3.48. The summed E-state index contributed by atoms with van der Waals surface area (Å²) in [6, 6.07) is 0. The predicted molar refractivity (Wildman–Crippen MR) is 82.8 cm³/mol. The molecular weight excluding hydrogens is 254 g/mol. The average molecular weight is 287 g/mol. The van der Waals surface area contributed by atoms with Gasteiger partial charge in [0, 0.05) is 6.61 Å². The van der Waals surface area contributed by atoms with Gasteiger partial charge in [-0.1, -0.05) is 20.8 Å². The van der Waals surface area contributed by atoms with Gasteiger partial charge in [-0.25, -0.2) is 0 Å². The van der Waals surface area contributed by atoms with Gasteiger partial charge in [-0.2, -0.15) is 0 Å². The first-order chi connectivity index (χ1) is 9.35. The number of nitrogens with one attached hydrogen (secondary N) is 1. The predicted octanol–water partition coefficient (Wildman–Crippen LogP) is 3.15. The van der Waals surface area contributed by atoms with Crippen molar-refractivity contribution in [3.05, 3.63) is 0 Å². The highest BCUT2D eigenvalue weighted by molar-refractivity contribution is 5.80. The molecule has 120 valence electrons. The van der Waals surface area contributed by atoms with Crippen LogP contribution in [0.15, 0.2) is 0 Å². The number of hydrogen-bond acceptors (Lipinski definition) is 4. The molecular formula is C16H33NO3. The smallest absolute Gasteiger partial charge is 0.325 e. The molecule has 0 spiro atoms. The first kappa shape index (κ1) is 19.4. The maximum Gasteiger partial charge on any atom is 0.325 e. The molecule has 2 atom stereocenters. The Labute approximate surface area is 124 Å². The summed E-state index contributed by atoms with van der Waals surface area (Å²) < 4.78 is 10.7. The van der Waals surface area contributed by atoms with Gasteiger partial charge in [-0.05, 0) is 52.0 Å². The maximum absolute atomic E-state index is 11.8. The SMILES string of the molecule is CCNC(C)(CCCCOC(C)CC(C)C)C(=O)OC. The molecule has 0 aromatic heterocycles. The van der Waals surface area contributed by atoms with Gasteiger partial charge >= 0.3 is 5.97 Å². The molecule has 0 bridgehead atoms. The molecule has 0 radical (unpaired) electrons. The van der Waals surface area contributed by atoms with Gasteiger partial charge in [-0.15, -0.1) is 0 Å².